The van der Waals surface area contributed by atoms with Crippen molar-refractivity contribution in [3.05, 3.63) is 112 Å². The van der Waals surface area contributed by atoms with E-state index in [0.717, 1.165) is 39.6 Å². The zero-order chi connectivity index (χ0) is 25.7. The van der Waals surface area contributed by atoms with Gasteiger partial charge in [0.25, 0.3) is 5.91 Å². The highest BCUT2D eigenvalue weighted by atomic mass is 35.5. The van der Waals surface area contributed by atoms with Gasteiger partial charge in [-0.05, 0) is 52.2 Å². The first-order valence-corrected chi connectivity index (χ1v) is 11.3. The number of alkyl halides is 3. The Morgan fingerprint density at radius 3 is 2.36 bits per heavy atom. The molecule has 0 unspecified atom stereocenters. The Kier molecular flexibility index (Phi) is 7.57. The second kappa shape index (κ2) is 10.8. The summed E-state index contributed by atoms with van der Waals surface area (Å²) in [6, 6.07) is 20.8. The molecule has 4 aromatic carbocycles. The molecule has 0 spiro atoms. The second-order valence-corrected chi connectivity index (χ2v) is 8.43. The summed E-state index contributed by atoms with van der Waals surface area (Å²) in [7, 11) is 0. The number of nitrogens with one attached hydrogen (secondary N) is 2. The van der Waals surface area contributed by atoms with Gasteiger partial charge in [-0.25, -0.2) is 5.43 Å². The third-order valence-electron chi connectivity index (χ3n) is 5.55. The molecule has 9 heteroatoms. The van der Waals surface area contributed by atoms with Crippen LogP contribution in [0.1, 0.15) is 32.6 Å². The van der Waals surface area contributed by atoms with Crippen LogP contribution in [-0.2, 0) is 19.3 Å². The van der Waals surface area contributed by atoms with E-state index < -0.39 is 17.6 Å². The fourth-order valence-electron chi connectivity index (χ4n) is 3.68. The van der Waals surface area contributed by atoms with Crippen molar-refractivity contribution < 1.29 is 23.1 Å². The standard InChI is InChI=1S/C27H21ClF3N3O2/c28-24-13-18(9-12-25(24)35)26(36)34-33-16-20-8-7-19(22-3-1-2-4-23(20)22)15-32-14-17-5-10-21(11-6-17)27(29,30)31/h1-13,16,32,35H,14-15H2,(H,34,36). The number of amides is 1. The molecule has 184 valence electrons. The maximum Gasteiger partial charge on any atom is 0.416 e. The number of hydrogen-bond donors (Lipinski definition) is 3. The van der Waals surface area contributed by atoms with Gasteiger partial charge in [0.05, 0.1) is 16.8 Å². The minimum absolute atomic E-state index is 0.0696. The van der Waals surface area contributed by atoms with Gasteiger partial charge in [0.1, 0.15) is 5.75 Å². The van der Waals surface area contributed by atoms with Crippen molar-refractivity contribution in [1.82, 2.24) is 10.7 Å². The number of aromatic hydroxyl groups is 1. The summed E-state index contributed by atoms with van der Waals surface area (Å²) in [5.74, 6) is -0.585. The molecule has 0 saturated carbocycles. The minimum Gasteiger partial charge on any atom is -0.506 e. The lowest BCUT2D eigenvalue weighted by molar-refractivity contribution is -0.137. The van der Waals surface area contributed by atoms with Gasteiger partial charge in [-0.2, -0.15) is 18.3 Å². The SMILES string of the molecule is O=C(NN=Cc1ccc(CNCc2ccc(C(F)(F)F)cc2)c2ccccc12)c1ccc(O)c(Cl)c1. The number of carbonyl (C=O) groups excluding carboxylic acids is 1. The molecule has 0 fully saturated rings. The van der Waals surface area contributed by atoms with Crippen LogP contribution in [0.2, 0.25) is 5.02 Å². The van der Waals surface area contributed by atoms with Crippen LogP contribution in [0.3, 0.4) is 0 Å². The number of rotatable bonds is 7. The fraction of sp³-hybridized carbons (Fsp3) is 0.111. The number of nitrogens with zero attached hydrogens (tertiary/aromatic N) is 1. The molecule has 4 rings (SSSR count). The van der Waals surface area contributed by atoms with E-state index >= 15 is 0 Å². The summed E-state index contributed by atoms with van der Waals surface area (Å²) in [5, 5.41) is 18.8. The lowest BCUT2D eigenvalue weighted by Gasteiger charge is -2.11. The van der Waals surface area contributed by atoms with Crippen LogP contribution in [0, 0.1) is 0 Å². The first kappa shape index (κ1) is 25.2. The highest BCUT2D eigenvalue weighted by Gasteiger charge is 2.29. The Morgan fingerprint density at radius 2 is 1.67 bits per heavy atom. The highest BCUT2D eigenvalue weighted by Crippen LogP contribution is 2.29. The van der Waals surface area contributed by atoms with E-state index in [0.29, 0.717) is 13.1 Å². The first-order valence-electron chi connectivity index (χ1n) is 10.9. The van der Waals surface area contributed by atoms with Gasteiger partial charge >= 0.3 is 6.18 Å². The topological polar surface area (TPSA) is 73.7 Å². The maximum absolute atomic E-state index is 12.7. The van der Waals surface area contributed by atoms with E-state index in [-0.39, 0.29) is 16.3 Å². The predicted molar refractivity (Wildman–Crippen MR) is 134 cm³/mol. The Balaban J connectivity index is 1.43. The molecule has 0 bridgehead atoms. The van der Waals surface area contributed by atoms with Crippen molar-refractivity contribution >= 4 is 34.5 Å². The molecular weight excluding hydrogens is 491 g/mol. The van der Waals surface area contributed by atoms with Crippen molar-refractivity contribution in [3.63, 3.8) is 0 Å². The van der Waals surface area contributed by atoms with Gasteiger partial charge in [0.2, 0.25) is 0 Å². The molecule has 0 saturated heterocycles. The van der Waals surface area contributed by atoms with E-state index in [2.05, 4.69) is 15.8 Å². The number of hydrazone groups is 1. The van der Waals surface area contributed by atoms with Crippen LogP contribution >= 0.6 is 11.6 Å². The average molecular weight is 512 g/mol. The van der Waals surface area contributed by atoms with Gasteiger partial charge in [-0.1, -0.05) is 60.1 Å². The van der Waals surface area contributed by atoms with Gasteiger partial charge in [0.15, 0.2) is 0 Å². The number of halogens is 4. The number of phenolic OH excluding ortho intramolecular Hbond substituents is 1. The third-order valence-corrected chi connectivity index (χ3v) is 5.86. The van der Waals surface area contributed by atoms with Crippen LogP contribution in [0.5, 0.6) is 5.75 Å². The Bertz CT molecular complexity index is 1420. The summed E-state index contributed by atoms with van der Waals surface area (Å²) in [5.41, 5.74) is 4.59. The van der Waals surface area contributed by atoms with E-state index in [1.54, 1.807) is 6.21 Å². The van der Waals surface area contributed by atoms with Crippen molar-refractivity contribution in [3.8, 4) is 5.75 Å². The van der Waals surface area contributed by atoms with Gasteiger partial charge < -0.3 is 10.4 Å². The zero-order valence-electron chi connectivity index (χ0n) is 18.8. The minimum atomic E-state index is -4.35. The molecule has 1 amide bonds. The summed E-state index contributed by atoms with van der Waals surface area (Å²) in [6.45, 7) is 0.931. The van der Waals surface area contributed by atoms with E-state index in [1.807, 2.05) is 36.4 Å². The lowest BCUT2D eigenvalue weighted by atomic mass is 10.00. The van der Waals surface area contributed by atoms with E-state index in [9.17, 15) is 23.1 Å². The van der Waals surface area contributed by atoms with Crippen LogP contribution < -0.4 is 10.7 Å². The van der Waals surface area contributed by atoms with Crippen LogP contribution in [0.4, 0.5) is 13.2 Å². The normalized spacial score (nSPS) is 11.8. The molecule has 4 aromatic rings. The first-order chi connectivity index (χ1) is 17.2. The molecule has 0 atom stereocenters. The molecule has 0 aromatic heterocycles. The summed E-state index contributed by atoms with van der Waals surface area (Å²) >= 11 is 5.85. The molecule has 0 heterocycles. The number of fused-ring (bicyclic) bond motifs is 1. The van der Waals surface area contributed by atoms with Crippen LogP contribution in [0.15, 0.2) is 84.0 Å². The Morgan fingerprint density at radius 1 is 0.944 bits per heavy atom. The van der Waals surface area contributed by atoms with Crippen LogP contribution in [-0.4, -0.2) is 17.2 Å². The largest absolute Gasteiger partial charge is 0.506 e. The summed E-state index contributed by atoms with van der Waals surface area (Å²) in [4.78, 5) is 12.3. The summed E-state index contributed by atoms with van der Waals surface area (Å²) in [6.07, 6.45) is -2.81. The van der Waals surface area contributed by atoms with Crippen molar-refractivity contribution in [2.45, 2.75) is 19.3 Å². The average Bonchev–Trinajstić information content (AvgIpc) is 2.86. The number of phenols is 1. The van der Waals surface area contributed by atoms with Gasteiger partial charge in [0, 0.05) is 24.2 Å². The molecule has 0 aliphatic rings. The smallest absolute Gasteiger partial charge is 0.416 e. The molecule has 0 aliphatic carbocycles. The molecule has 36 heavy (non-hydrogen) atoms. The van der Waals surface area contributed by atoms with Crippen molar-refractivity contribution in [2.24, 2.45) is 5.10 Å². The molecule has 0 aliphatic heterocycles. The van der Waals surface area contributed by atoms with E-state index in [1.165, 1.54) is 30.3 Å². The van der Waals surface area contributed by atoms with E-state index in [4.69, 9.17) is 11.6 Å². The van der Waals surface area contributed by atoms with Crippen molar-refractivity contribution in [1.29, 1.82) is 0 Å². The van der Waals surface area contributed by atoms with Crippen molar-refractivity contribution in [2.75, 3.05) is 0 Å². The fourth-order valence-corrected chi connectivity index (χ4v) is 3.86. The molecular formula is C27H21ClF3N3O2. The number of benzene rings is 4. The number of carbonyl (C=O) groups is 1. The monoisotopic (exact) mass is 511 g/mol. The van der Waals surface area contributed by atoms with Gasteiger partial charge in [-0.3, -0.25) is 4.79 Å². The quantitative estimate of drug-likeness (QED) is 0.202. The molecule has 5 nitrogen and oxygen atoms in total. The Hall–Kier alpha value is -3.88. The molecule has 0 radical (unpaired) electrons. The van der Waals surface area contributed by atoms with Gasteiger partial charge in [-0.15, -0.1) is 0 Å². The third kappa shape index (κ3) is 6.02. The number of hydrogen-bond acceptors (Lipinski definition) is 4. The Labute approximate surface area is 210 Å². The lowest BCUT2D eigenvalue weighted by Crippen LogP contribution is -2.17. The zero-order valence-corrected chi connectivity index (χ0v) is 19.6. The maximum atomic E-state index is 12.7. The summed E-state index contributed by atoms with van der Waals surface area (Å²) < 4.78 is 38.2. The van der Waals surface area contributed by atoms with Crippen LogP contribution in [0.25, 0.3) is 10.8 Å². The highest BCUT2D eigenvalue weighted by molar-refractivity contribution is 6.32. The second-order valence-electron chi connectivity index (χ2n) is 8.02. The molecule has 3 N–H and O–H groups in total. The predicted octanol–water partition coefficient (Wildman–Crippen LogP) is 6.27.